The lowest BCUT2D eigenvalue weighted by molar-refractivity contribution is -0.114. The van der Waals surface area contributed by atoms with Crippen molar-refractivity contribution in [2.45, 2.75) is 20.4 Å². The van der Waals surface area contributed by atoms with Gasteiger partial charge in [-0.05, 0) is 49.4 Å². The number of hydrogen-bond donors (Lipinski definition) is 3. The van der Waals surface area contributed by atoms with Crippen LogP contribution in [0.3, 0.4) is 0 Å². The second-order valence-electron chi connectivity index (χ2n) is 6.34. The molecule has 1 aromatic rings. The van der Waals surface area contributed by atoms with E-state index in [1.807, 2.05) is 25.1 Å². The number of hydrogen-bond acceptors (Lipinski definition) is 6. The van der Waals surface area contributed by atoms with Crippen LogP contribution >= 0.6 is 23.2 Å². The van der Waals surface area contributed by atoms with Crippen molar-refractivity contribution in [2.75, 3.05) is 33.5 Å². The highest BCUT2D eigenvalue weighted by atomic mass is 35.5. The molecular weight excluding hydrogens is 439 g/mol. The van der Waals surface area contributed by atoms with Crippen molar-refractivity contribution in [3.8, 4) is 0 Å². The average Bonchev–Trinajstić information content (AvgIpc) is 2.77. The van der Waals surface area contributed by atoms with Gasteiger partial charge in [0.25, 0.3) is 5.91 Å². The molecule has 31 heavy (non-hydrogen) atoms. The Morgan fingerprint density at radius 1 is 1.23 bits per heavy atom. The maximum absolute atomic E-state index is 12.7. The van der Waals surface area contributed by atoms with E-state index in [0.717, 1.165) is 5.56 Å². The highest BCUT2D eigenvalue weighted by Gasteiger charge is 2.14. The van der Waals surface area contributed by atoms with Crippen LogP contribution < -0.4 is 16.4 Å². The van der Waals surface area contributed by atoms with Crippen LogP contribution in [-0.4, -0.2) is 45.1 Å². The highest BCUT2D eigenvalue weighted by molar-refractivity contribution is 6.45. The van der Waals surface area contributed by atoms with Gasteiger partial charge in [0.15, 0.2) is 0 Å². The fraction of sp³-hybridized carbons (Fsp3) is 0.364. The standard InChI is InChI=1S/C22H30Cl2N4O3/c1-4-20(27-15-17-7-8-18(23)19(24)13-17)28-22(29)21(16(2)14-25)26-9-5-6-10-31-12-11-30-3/h4-8,13-14,27H,9-12,15,25H2,1-3H3,(H,28,29)/b6-5+,16-14?,20-4?,26-21?. The number of nitrogens with zero attached hydrogens (tertiary/aromatic N) is 1. The molecule has 4 N–H and O–H groups in total. The monoisotopic (exact) mass is 468 g/mol. The third-order valence-electron chi connectivity index (χ3n) is 4.01. The van der Waals surface area contributed by atoms with E-state index in [9.17, 15) is 4.79 Å². The van der Waals surface area contributed by atoms with Gasteiger partial charge in [0.1, 0.15) is 11.5 Å². The van der Waals surface area contributed by atoms with Crippen LogP contribution in [0.5, 0.6) is 0 Å². The SMILES string of the molecule is CC=C(NCc1ccc(Cl)c(Cl)c1)NC(=O)C(=NC/C=C/COCCOC)C(C)=CN. The summed E-state index contributed by atoms with van der Waals surface area (Å²) in [5, 5.41) is 6.94. The second-order valence-corrected chi connectivity index (χ2v) is 7.15. The molecule has 0 unspecified atom stereocenters. The lowest BCUT2D eigenvalue weighted by Crippen LogP contribution is -2.36. The fourth-order valence-corrected chi connectivity index (χ4v) is 2.60. The Labute approximate surface area is 194 Å². The van der Waals surface area contributed by atoms with Gasteiger partial charge in [0.2, 0.25) is 0 Å². The van der Waals surface area contributed by atoms with Crippen LogP contribution in [0, 0.1) is 0 Å². The van der Waals surface area contributed by atoms with Crippen LogP contribution in [0.2, 0.25) is 10.0 Å². The molecule has 1 amide bonds. The number of benzene rings is 1. The Kier molecular flexibility index (Phi) is 13.3. The van der Waals surface area contributed by atoms with Gasteiger partial charge in [-0.3, -0.25) is 9.79 Å². The number of allylic oxidation sites excluding steroid dienone is 1. The van der Waals surface area contributed by atoms with Crippen molar-refractivity contribution in [1.82, 2.24) is 10.6 Å². The number of aliphatic imine (C=N–C) groups is 1. The zero-order valence-electron chi connectivity index (χ0n) is 18.1. The molecule has 1 aromatic carbocycles. The van der Waals surface area contributed by atoms with E-state index in [0.29, 0.717) is 54.3 Å². The van der Waals surface area contributed by atoms with Crippen LogP contribution in [0.1, 0.15) is 19.4 Å². The molecule has 0 aliphatic rings. The summed E-state index contributed by atoms with van der Waals surface area (Å²) in [5.74, 6) is 0.175. The van der Waals surface area contributed by atoms with Crippen LogP contribution in [0.4, 0.5) is 0 Å². The van der Waals surface area contributed by atoms with Crippen molar-refractivity contribution in [1.29, 1.82) is 0 Å². The van der Waals surface area contributed by atoms with Gasteiger partial charge >= 0.3 is 0 Å². The van der Waals surface area contributed by atoms with Gasteiger partial charge in [0.05, 0.1) is 36.4 Å². The van der Waals surface area contributed by atoms with E-state index in [1.54, 1.807) is 32.2 Å². The summed E-state index contributed by atoms with van der Waals surface area (Å²) in [6.45, 7) is 5.84. The molecule has 9 heteroatoms. The van der Waals surface area contributed by atoms with E-state index in [2.05, 4.69) is 15.6 Å². The molecule has 0 saturated heterocycles. The topological polar surface area (TPSA) is 98.0 Å². The van der Waals surface area contributed by atoms with Gasteiger partial charge < -0.3 is 25.8 Å². The number of nitrogens with one attached hydrogen (secondary N) is 2. The maximum Gasteiger partial charge on any atom is 0.275 e. The number of halogens is 2. The number of carbonyl (C=O) groups is 1. The first kappa shape index (κ1) is 26.7. The minimum atomic E-state index is -0.362. The van der Waals surface area contributed by atoms with Gasteiger partial charge in [0, 0.05) is 13.7 Å². The predicted octanol–water partition coefficient (Wildman–Crippen LogP) is 3.58. The average molecular weight is 469 g/mol. The van der Waals surface area contributed by atoms with E-state index in [4.69, 9.17) is 38.4 Å². The Morgan fingerprint density at radius 2 is 2.00 bits per heavy atom. The molecule has 1 rings (SSSR count). The van der Waals surface area contributed by atoms with Crippen molar-refractivity contribution >= 4 is 34.8 Å². The maximum atomic E-state index is 12.7. The Hall–Kier alpha value is -2.32. The Morgan fingerprint density at radius 3 is 2.65 bits per heavy atom. The van der Waals surface area contributed by atoms with Crippen molar-refractivity contribution in [3.63, 3.8) is 0 Å². The van der Waals surface area contributed by atoms with Gasteiger partial charge in [-0.15, -0.1) is 0 Å². The summed E-state index contributed by atoms with van der Waals surface area (Å²) >= 11 is 12.0. The summed E-state index contributed by atoms with van der Waals surface area (Å²) < 4.78 is 10.2. The first-order valence-electron chi connectivity index (χ1n) is 9.73. The number of methoxy groups -OCH3 is 1. The first-order chi connectivity index (χ1) is 14.9. The van der Waals surface area contributed by atoms with Crippen LogP contribution in [-0.2, 0) is 20.8 Å². The van der Waals surface area contributed by atoms with E-state index >= 15 is 0 Å². The van der Waals surface area contributed by atoms with E-state index in [-0.39, 0.29) is 11.6 Å². The number of nitrogens with two attached hydrogens (primary N) is 1. The van der Waals surface area contributed by atoms with Crippen molar-refractivity contribution in [3.05, 3.63) is 69.6 Å². The first-order valence-corrected chi connectivity index (χ1v) is 10.5. The molecule has 0 spiro atoms. The fourth-order valence-electron chi connectivity index (χ4n) is 2.28. The molecule has 0 aromatic heterocycles. The number of carbonyl (C=O) groups excluding carboxylic acids is 1. The third-order valence-corrected chi connectivity index (χ3v) is 4.75. The minimum absolute atomic E-state index is 0.253. The highest BCUT2D eigenvalue weighted by Crippen LogP contribution is 2.22. The number of rotatable bonds is 13. The summed E-state index contributed by atoms with van der Waals surface area (Å²) in [6.07, 6.45) is 6.77. The normalized spacial score (nSPS) is 13.0. The van der Waals surface area contributed by atoms with Gasteiger partial charge in [-0.2, -0.15) is 0 Å². The summed E-state index contributed by atoms with van der Waals surface area (Å²) in [5.41, 5.74) is 7.36. The van der Waals surface area contributed by atoms with Crippen LogP contribution in [0.15, 0.2) is 59.0 Å². The van der Waals surface area contributed by atoms with Gasteiger partial charge in [-0.1, -0.05) is 41.4 Å². The molecule has 0 radical (unpaired) electrons. The van der Waals surface area contributed by atoms with Crippen molar-refractivity contribution < 1.29 is 14.3 Å². The zero-order valence-corrected chi connectivity index (χ0v) is 19.6. The predicted molar refractivity (Wildman–Crippen MR) is 127 cm³/mol. The molecule has 0 heterocycles. The van der Waals surface area contributed by atoms with E-state index < -0.39 is 0 Å². The molecule has 170 valence electrons. The lowest BCUT2D eigenvalue weighted by Gasteiger charge is -2.14. The number of amides is 1. The molecule has 7 nitrogen and oxygen atoms in total. The largest absolute Gasteiger partial charge is 0.404 e. The lowest BCUT2D eigenvalue weighted by atomic mass is 10.2. The molecule has 0 atom stereocenters. The molecule has 0 saturated carbocycles. The minimum Gasteiger partial charge on any atom is -0.404 e. The molecule has 0 bridgehead atoms. The summed E-state index contributed by atoms with van der Waals surface area (Å²) in [6, 6.07) is 5.35. The molecular formula is C22H30Cl2N4O3. The molecule has 0 fully saturated rings. The van der Waals surface area contributed by atoms with Crippen LogP contribution in [0.25, 0.3) is 0 Å². The summed E-state index contributed by atoms with van der Waals surface area (Å²) in [4.78, 5) is 17.1. The Balaban J connectivity index is 2.67. The molecule has 0 aliphatic carbocycles. The summed E-state index contributed by atoms with van der Waals surface area (Å²) in [7, 11) is 1.62. The van der Waals surface area contributed by atoms with Crippen molar-refractivity contribution in [2.24, 2.45) is 10.7 Å². The zero-order chi connectivity index (χ0) is 23.1. The Bertz CT molecular complexity index is 836. The molecule has 0 aliphatic heterocycles. The number of ether oxygens (including phenoxy) is 2. The third kappa shape index (κ3) is 10.5. The van der Waals surface area contributed by atoms with E-state index in [1.165, 1.54) is 6.20 Å². The quantitative estimate of drug-likeness (QED) is 0.233. The van der Waals surface area contributed by atoms with Gasteiger partial charge in [-0.25, -0.2) is 0 Å². The second kappa shape index (κ2) is 15.5. The smallest absolute Gasteiger partial charge is 0.275 e.